The lowest BCUT2D eigenvalue weighted by Gasteiger charge is -2.28. The van der Waals surface area contributed by atoms with Crippen molar-refractivity contribution >= 4 is 17.4 Å². The summed E-state index contributed by atoms with van der Waals surface area (Å²) in [5.41, 5.74) is 2.69. The number of hydrogen-bond acceptors (Lipinski definition) is 4. The Bertz CT molecular complexity index is 992. The largest absolute Gasteiger partial charge is 0.337 e. The Labute approximate surface area is 154 Å². The van der Waals surface area contributed by atoms with E-state index in [1.54, 1.807) is 4.90 Å². The average molecular weight is 366 g/mol. The number of nitrogens with one attached hydrogen (secondary N) is 1. The van der Waals surface area contributed by atoms with Crippen molar-refractivity contribution in [3.05, 3.63) is 83.3 Å². The third-order valence-electron chi connectivity index (χ3n) is 4.48. The fourth-order valence-electron chi connectivity index (χ4n) is 3.06. The van der Waals surface area contributed by atoms with E-state index in [1.165, 1.54) is 24.0 Å². The van der Waals surface area contributed by atoms with Crippen LogP contribution in [-0.2, 0) is 13.0 Å². The standard InChI is InChI=1S/C20H16F2N4O/c21-15-5-6-17(16(22)9-15)25-19-11-23-18(10-24-19)20(27)26-8-7-13-3-1-2-4-14(13)12-26/h1-6,9-11H,7-8,12H2,(H,24,25). The predicted octanol–water partition coefficient (Wildman–Crippen LogP) is 3.70. The second-order valence-corrected chi connectivity index (χ2v) is 6.28. The Morgan fingerprint density at radius 2 is 1.85 bits per heavy atom. The molecule has 1 amide bonds. The zero-order chi connectivity index (χ0) is 18.8. The highest BCUT2D eigenvalue weighted by molar-refractivity contribution is 5.92. The van der Waals surface area contributed by atoms with Gasteiger partial charge in [0.15, 0.2) is 0 Å². The molecule has 5 nitrogen and oxygen atoms in total. The van der Waals surface area contributed by atoms with Crippen molar-refractivity contribution in [3.63, 3.8) is 0 Å². The van der Waals surface area contributed by atoms with Gasteiger partial charge < -0.3 is 10.2 Å². The van der Waals surface area contributed by atoms with Gasteiger partial charge in [0.05, 0.1) is 18.1 Å². The van der Waals surface area contributed by atoms with Crippen molar-refractivity contribution in [2.45, 2.75) is 13.0 Å². The summed E-state index contributed by atoms with van der Waals surface area (Å²) < 4.78 is 26.7. The number of amides is 1. The number of anilines is 2. The molecular weight excluding hydrogens is 350 g/mol. The maximum atomic E-state index is 13.7. The van der Waals surface area contributed by atoms with Gasteiger partial charge in [-0.05, 0) is 29.7 Å². The lowest BCUT2D eigenvalue weighted by molar-refractivity contribution is 0.0728. The van der Waals surface area contributed by atoms with Crippen molar-refractivity contribution in [2.24, 2.45) is 0 Å². The molecule has 0 fully saturated rings. The van der Waals surface area contributed by atoms with E-state index in [0.29, 0.717) is 13.1 Å². The zero-order valence-electron chi connectivity index (χ0n) is 14.3. The lowest BCUT2D eigenvalue weighted by Crippen LogP contribution is -2.36. The van der Waals surface area contributed by atoms with Crippen LogP contribution in [0.2, 0.25) is 0 Å². The van der Waals surface area contributed by atoms with E-state index in [1.807, 2.05) is 18.2 Å². The van der Waals surface area contributed by atoms with Gasteiger partial charge in [-0.15, -0.1) is 0 Å². The third-order valence-corrected chi connectivity index (χ3v) is 4.48. The normalized spacial score (nSPS) is 13.2. The van der Waals surface area contributed by atoms with Gasteiger partial charge in [-0.25, -0.2) is 18.7 Å². The molecule has 4 rings (SSSR count). The maximum Gasteiger partial charge on any atom is 0.274 e. The summed E-state index contributed by atoms with van der Waals surface area (Å²) in [6, 6.07) is 11.2. The topological polar surface area (TPSA) is 58.1 Å². The summed E-state index contributed by atoms with van der Waals surface area (Å²) >= 11 is 0. The molecule has 2 aromatic carbocycles. The molecule has 0 unspecified atom stereocenters. The van der Waals surface area contributed by atoms with Crippen LogP contribution < -0.4 is 5.32 Å². The zero-order valence-corrected chi connectivity index (χ0v) is 14.3. The van der Waals surface area contributed by atoms with Crippen LogP contribution in [0.4, 0.5) is 20.3 Å². The minimum Gasteiger partial charge on any atom is -0.337 e. The van der Waals surface area contributed by atoms with E-state index in [-0.39, 0.29) is 23.1 Å². The molecule has 1 aliphatic heterocycles. The maximum absolute atomic E-state index is 13.7. The molecule has 1 aromatic heterocycles. The minimum absolute atomic E-state index is 0.0809. The number of fused-ring (bicyclic) bond motifs is 1. The van der Waals surface area contributed by atoms with Crippen LogP contribution in [0.25, 0.3) is 0 Å². The van der Waals surface area contributed by atoms with E-state index < -0.39 is 11.6 Å². The fraction of sp³-hybridized carbons (Fsp3) is 0.150. The number of carbonyl (C=O) groups is 1. The number of rotatable bonds is 3. The quantitative estimate of drug-likeness (QED) is 0.768. The van der Waals surface area contributed by atoms with Crippen LogP contribution in [0, 0.1) is 11.6 Å². The minimum atomic E-state index is -0.732. The van der Waals surface area contributed by atoms with E-state index >= 15 is 0 Å². The smallest absolute Gasteiger partial charge is 0.274 e. The van der Waals surface area contributed by atoms with Crippen molar-refractivity contribution in [1.29, 1.82) is 0 Å². The molecule has 0 saturated heterocycles. The molecule has 0 spiro atoms. The number of halogens is 2. The molecule has 0 saturated carbocycles. The van der Waals surface area contributed by atoms with Gasteiger partial charge in [-0.3, -0.25) is 4.79 Å². The number of hydrogen-bond donors (Lipinski definition) is 1. The molecule has 3 aromatic rings. The van der Waals surface area contributed by atoms with E-state index in [2.05, 4.69) is 21.4 Å². The molecule has 7 heteroatoms. The van der Waals surface area contributed by atoms with Gasteiger partial charge in [0.1, 0.15) is 23.1 Å². The summed E-state index contributed by atoms with van der Waals surface area (Å²) in [6.45, 7) is 1.16. The number of benzene rings is 2. The summed E-state index contributed by atoms with van der Waals surface area (Å²) in [4.78, 5) is 22.7. The third kappa shape index (κ3) is 3.62. The van der Waals surface area contributed by atoms with Gasteiger partial charge in [0, 0.05) is 19.2 Å². The monoisotopic (exact) mass is 366 g/mol. The summed E-state index contributed by atoms with van der Waals surface area (Å²) in [6.07, 6.45) is 3.51. The van der Waals surface area contributed by atoms with E-state index in [4.69, 9.17) is 0 Å². The first-order valence-corrected chi connectivity index (χ1v) is 8.50. The van der Waals surface area contributed by atoms with Gasteiger partial charge in [0.2, 0.25) is 0 Å². The van der Waals surface area contributed by atoms with Crippen molar-refractivity contribution < 1.29 is 13.6 Å². The predicted molar refractivity (Wildman–Crippen MR) is 96.6 cm³/mol. The second kappa shape index (κ2) is 7.11. The Kier molecular flexibility index (Phi) is 4.50. The van der Waals surface area contributed by atoms with Crippen LogP contribution >= 0.6 is 0 Å². The molecule has 1 aliphatic rings. The molecule has 136 valence electrons. The van der Waals surface area contributed by atoms with Crippen LogP contribution in [-0.4, -0.2) is 27.3 Å². The molecule has 1 N–H and O–H groups in total. The summed E-state index contributed by atoms with van der Waals surface area (Å²) in [5, 5.41) is 2.72. The Balaban J connectivity index is 1.47. The highest BCUT2D eigenvalue weighted by atomic mass is 19.1. The molecule has 2 heterocycles. The first kappa shape index (κ1) is 17.1. The van der Waals surface area contributed by atoms with Crippen molar-refractivity contribution in [1.82, 2.24) is 14.9 Å². The lowest BCUT2D eigenvalue weighted by atomic mass is 10.00. The SMILES string of the molecule is O=C(c1cnc(Nc2ccc(F)cc2F)cn1)N1CCc2ccccc2C1. The second-order valence-electron chi connectivity index (χ2n) is 6.28. The highest BCUT2D eigenvalue weighted by Crippen LogP contribution is 2.21. The molecule has 27 heavy (non-hydrogen) atoms. The van der Waals surface area contributed by atoms with Crippen LogP contribution in [0.5, 0.6) is 0 Å². The van der Waals surface area contributed by atoms with Crippen molar-refractivity contribution in [3.8, 4) is 0 Å². The average Bonchev–Trinajstić information content (AvgIpc) is 2.70. The van der Waals surface area contributed by atoms with Crippen LogP contribution in [0.3, 0.4) is 0 Å². The van der Waals surface area contributed by atoms with Crippen LogP contribution in [0.15, 0.2) is 54.9 Å². The molecule has 0 aliphatic carbocycles. The van der Waals surface area contributed by atoms with Gasteiger partial charge in [0.25, 0.3) is 5.91 Å². The van der Waals surface area contributed by atoms with Gasteiger partial charge in [-0.2, -0.15) is 0 Å². The molecular formula is C20H16F2N4O. The first-order chi connectivity index (χ1) is 13.1. The summed E-state index contributed by atoms with van der Waals surface area (Å²) in [5.74, 6) is -1.32. The Morgan fingerprint density at radius 1 is 1.04 bits per heavy atom. The van der Waals surface area contributed by atoms with Gasteiger partial charge >= 0.3 is 0 Å². The van der Waals surface area contributed by atoms with E-state index in [0.717, 1.165) is 24.1 Å². The number of carbonyl (C=O) groups excluding carboxylic acids is 1. The number of aromatic nitrogens is 2. The van der Waals surface area contributed by atoms with E-state index in [9.17, 15) is 13.6 Å². The molecule has 0 bridgehead atoms. The highest BCUT2D eigenvalue weighted by Gasteiger charge is 2.22. The molecule has 0 radical (unpaired) electrons. The Hall–Kier alpha value is -3.35. The molecule has 0 atom stereocenters. The summed E-state index contributed by atoms with van der Waals surface area (Å²) in [7, 11) is 0. The fourth-order valence-corrected chi connectivity index (χ4v) is 3.06. The van der Waals surface area contributed by atoms with Crippen molar-refractivity contribution in [2.75, 3.05) is 11.9 Å². The van der Waals surface area contributed by atoms with Crippen LogP contribution in [0.1, 0.15) is 21.6 Å². The Morgan fingerprint density at radius 3 is 2.59 bits per heavy atom. The first-order valence-electron chi connectivity index (χ1n) is 8.50. The van der Waals surface area contributed by atoms with Gasteiger partial charge in [-0.1, -0.05) is 24.3 Å². The number of nitrogens with zero attached hydrogens (tertiary/aromatic N) is 3.